The van der Waals surface area contributed by atoms with Crippen molar-refractivity contribution < 1.29 is 13.2 Å². The Labute approximate surface area is 145 Å². The number of nitrogens with zero attached hydrogens (tertiary/aromatic N) is 1. The highest BCUT2D eigenvalue weighted by Crippen LogP contribution is 2.41. The van der Waals surface area contributed by atoms with Crippen molar-refractivity contribution in [2.75, 3.05) is 16.2 Å². The van der Waals surface area contributed by atoms with E-state index in [2.05, 4.69) is 5.32 Å². The molecular weight excluding hydrogens is 336 g/mol. The van der Waals surface area contributed by atoms with Crippen molar-refractivity contribution in [2.45, 2.75) is 11.8 Å². The number of aryl methyl sites for hydroxylation is 1. The largest absolute Gasteiger partial charge is 0.325 e. The van der Waals surface area contributed by atoms with Crippen LogP contribution in [0.5, 0.6) is 0 Å². The van der Waals surface area contributed by atoms with Crippen LogP contribution < -0.4 is 9.62 Å². The Morgan fingerprint density at radius 2 is 1.68 bits per heavy atom. The summed E-state index contributed by atoms with van der Waals surface area (Å²) in [5.74, 6) is -0.378. The Morgan fingerprint density at radius 3 is 2.40 bits per heavy atom. The zero-order valence-electron chi connectivity index (χ0n) is 13.6. The van der Waals surface area contributed by atoms with E-state index in [4.69, 9.17) is 0 Å². The molecule has 25 heavy (non-hydrogen) atoms. The summed E-state index contributed by atoms with van der Waals surface area (Å²) in [7, 11) is -3.72. The molecule has 0 bridgehead atoms. The summed E-state index contributed by atoms with van der Waals surface area (Å²) in [5.41, 5.74) is 2.28. The smallest absolute Gasteiger partial charge is 0.265 e. The van der Waals surface area contributed by atoms with E-state index in [0.717, 1.165) is 10.9 Å². The minimum atomic E-state index is -3.72. The van der Waals surface area contributed by atoms with Crippen LogP contribution in [0.4, 0.5) is 11.4 Å². The maximum Gasteiger partial charge on any atom is 0.265 e. The van der Waals surface area contributed by atoms with Crippen LogP contribution in [0.3, 0.4) is 0 Å². The van der Waals surface area contributed by atoms with Crippen molar-refractivity contribution in [1.82, 2.24) is 0 Å². The number of benzene rings is 3. The number of nitrogens with one attached hydrogen (secondary N) is 1. The van der Waals surface area contributed by atoms with Crippen molar-refractivity contribution in [3.8, 4) is 0 Å². The van der Waals surface area contributed by atoms with Gasteiger partial charge in [0, 0.05) is 11.1 Å². The van der Waals surface area contributed by atoms with Gasteiger partial charge in [-0.25, -0.2) is 8.42 Å². The lowest BCUT2D eigenvalue weighted by atomic mass is 10.1. The molecule has 3 aromatic carbocycles. The predicted octanol–water partition coefficient (Wildman–Crippen LogP) is 3.30. The van der Waals surface area contributed by atoms with Gasteiger partial charge in [-0.2, -0.15) is 0 Å². The summed E-state index contributed by atoms with van der Waals surface area (Å²) in [5, 5.41) is 4.27. The highest BCUT2D eigenvalue weighted by Gasteiger charge is 2.36. The third-order valence-corrected chi connectivity index (χ3v) is 6.11. The number of carbonyl (C=O) groups excluding carboxylic acids is 1. The molecule has 3 aromatic rings. The maximum atomic E-state index is 12.8. The zero-order valence-corrected chi connectivity index (χ0v) is 14.4. The normalized spacial score (nSPS) is 14.7. The van der Waals surface area contributed by atoms with Crippen molar-refractivity contribution in [3.05, 3.63) is 66.2 Å². The van der Waals surface area contributed by atoms with Gasteiger partial charge in [0.25, 0.3) is 10.0 Å². The highest BCUT2D eigenvalue weighted by molar-refractivity contribution is 7.93. The molecule has 4 rings (SSSR count). The van der Waals surface area contributed by atoms with Gasteiger partial charge in [0.15, 0.2) is 0 Å². The molecule has 0 radical (unpaired) electrons. The van der Waals surface area contributed by atoms with Crippen molar-refractivity contribution in [3.63, 3.8) is 0 Å². The number of amides is 1. The summed E-state index contributed by atoms with van der Waals surface area (Å²) in [6.07, 6.45) is 0. The minimum Gasteiger partial charge on any atom is -0.325 e. The lowest BCUT2D eigenvalue weighted by Crippen LogP contribution is -2.35. The van der Waals surface area contributed by atoms with Gasteiger partial charge < -0.3 is 5.32 Å². The van der Waals surface area contributed by atoms with Crippen LogP contribution in [-0.4, -0.2) is 20.9 Å². The van der Waals surface area contributed by atoms with Crippen LogP contribution in [0.25, 0.3) is 10.8 Å². The van der Waals surface area contributed by atoms with E-state index >= 15 is 0 Å². The molecule has 5 nitrogen and oxygen atoms in total. The first-order valence-electron chi connectivity index (χ1n) is 7.88. The maximum absolute atomic E-state index is 12.8. The fraction of sp³-hybridized carbons (Fsp3) is 0.105. The van der Waals surface area contributed by atoms with Crippen molar-refractivity contribution in [2.24, 2.45) is 0 Å². The van der Waals surface area contributed by atoms with Crippen LogP contribution in [0.1, 0.15) is 5.56 Å². The number of carbonyl (C=O) groups is 1. The molecule has 0 aromatic heterocycles. The van der Waals surface area contributed by atoms with Gasteiger partial charge in [-0.3, -0.25) is 9.10 Å². The first kappa shape index (κ1) is 15.7. The number of sulfonamides is 1. The van der Waals surface area contributed by atoms with E-state index in [9.17, 15) is 13.2 Å². The van der Waals surface area contributed by atoms with Gasteiger partial charge in [-0.05, 0) is 36.6 Å². The van der Waals surface area contributed by atoms with Crippen molar-refractivity contribution >= 4 is 38.1 Å². The lowest BCUT2D eigenvalue weighted by Gasteiger charge is -2.18. The molecule has 0 saturated heterocycles. The SMILES string of the molecule is Cc1ccc(NC(=O)CN2c3cccc4cccc(c34)S2(=O)=O)cc1. The molecular formula is C19H16N2O3S. The van der Waals surface area contributed by atoms with Crippen LogP contribution in [0, 0.1) is 6.92 Å². The molecule has 0 spiro atoms. The average Bonchev–Trinajstić information content (AvgIpc) is 2.81. The summed E-state index contributed by atoms with van der Waals surface area (Å²) >= 11 is 0. The molecule has 0 unspecified atom stereocenters. The topological polar surface area (TPSA) is 66.5 Å². The monoisotopic (exact) mass is 352 g/mol. The molecule has 1 amide bonds. The Morgan fingerprint density at radius 1 is 1.00 bits per heavy atom. The molecule has 1 N–H and O–H groups in total. The molecule has 1 aliphatic heterocycles. The van der Waals surface area contributed by atoms with Gasteiger partial charge in [-0.1, -0.05) is 42.0 Å². The van der Waals surface area contributed by atoms with Gasteiger partial charge >= 0.3 is 0 Å². The van der Waals surface area contributed by atoms with Gasteiger partial charge in [-0.15, -0.1) is 0 Å². The first-order chi connectivity index (χ1) is 12.0. The number of hydrogen-bond acceptors (Lipinski definition) is 3. The summed E-state index contributed by atoms with van der Waals surface area (Å²) in [6.45, 7) is 1.70. The standard InChI is InChI=1S/C19H16N2O3S/c1-13-8-10-15(11-9-13)20-18(22)12-21-16-6-2-4-14-5-3-7-17(19(14)16)25(21,23)24/h2-11H,12H2,1H3,(H,20,22). The lowest BCUT2D eigenvalue weighted by molar-refractivity contribution is -0.114. The number of hydrogen-bond donors (Lipinski definition) is 1. The molecule has 0 atom stereocenters. The Bertz CT molecular complexity index is 1080. The van der Waals surface area contributed by atoms with Gasteiger partial charge in [0.2, 0.25) is 5.91 Å². The fourth-order valence-corrected chi connectivity index (χ4v) is 4.76. The van der Waals surface area contributed by atoms with Crippen LogP contribution in [0.15, 0.2) is 65.6 Å². The van der Waals surface area contributed by atoms with Crippen molar-refractivity contribution in [1.29, 1.82) is 0 Å². The first-order valence-corrected chi connectivity index (χ1v) is 9.32. The van der Waals surface area contributed by atoms with E-state index < -0.39 is 10.0 Å². The second-order valence-electron chi connectivity index (χ2n) is 6.06. The Kier molecular flexibility index (Phi) is 3.51. The van der Waals surface area contributed by atoms with Gasteiger partial charge in [0.05, 0.1) is 10.6 Å². The van der Waals surface area contributed by atoms with E-state index in [0.29, 0.717) is 16.8 Å². The number of anilines is 2. The molecule has 0 aliphatic carbocycles. The molecule has 0 fully saturated rings. The zero-order chi connectivity index (χ0) is 17.6. The molecule has 6 heteroatoms. The average molecular weight is 352 g/mol. The third-order valence-electron chi connectivity index (χ3n) is 4.30. The van der Waals surface area contributed by atoms with Crippen LogP contribution in [-0.2, 0) is 14.8 Å². The number of rotatable bonds is 3. The molecule has 1 heterocycles. The van der Waals surface area contributed by atoms with Gasteiger partial charge in [0.1, 0.15) is 6.54 Å². The molecule has 1 aliphatic rings. The predicted molar refractivity (Wildman–Crippen MR) is 98.3 cm³/mol. The summed E-state index contributed by atoms with van der Waals surface area (Å²) in [4.78, 5) is 12.6. The molecule has 0 saturated carbocycles. The second-order valence-corrected chi connectivity index (χ2v) is 7.89. The summed E-state index contributed by atoms with van der Waals surface area (Å²) < 4.78 is 26.9. The van der Waals surface area contributed by atoms with E-state index in [1.165, 1.54) is 4.31 Å². The van der Waals surface area contributed by atoms with Crippen LogP contribution >= 0.6 is 0 Å². The van der Waals surface area contributed by atoms with E-state index in [1.807, 2.05) is 31.2 Å². The van der Waals surface area contributed by atoms with E-state index in [-0.39, 0.29) is 17.3 Å². The fourth-order valence-electron chi connectivity index (χ4n) is 3.10. The van der Waals surface area contributed by atoms with Crippen LogP contribution in [0.2, 0.25) is 0 Å². The minimum absolute atomic E-state index is 0.253. The third kappa shape index (κ3) is 2.55. The Balaban J connectivity index is 1.66. The quantitative estimate of drug-likeness (QED) is 0.786. The second kappa shape index (κ2) is 5.60. The highest BCUT2D eigenvalue weighted by atomic mass is 32.2. The Hall–Kier alpha value is -2.86. The molecule has 126 valence electrons. The summed E-state index contributed by atoms with van der Waals surface area (Å²) in [6, 6.07) is 17.9. The van der Waals surface area contributed by atoms with E-state index in [1.54, 1.807) is 36.4 Å².